The number of hydrogen-bond acceptors (Lipinski definition) is 4. The van der Waals surface area contributed by atoms with E-state index >= 15 is 0 Å². The molecule has 2 aromatic rings. The van der Waals surface area contributed by atoms with Crippen LogP contribution in [-0.2, 0) is 9.53 Å². The molecular formula is C16H17ClN2O3. The smallest absolute Gasteiger partial charge is 0.258 e. The maximum absolute atomic E-state index is 11.8. The molecule has 1 aromatic heterocycles. The van der Waals surface area contributed by atoms with Crippen LogP contribution in [0.4, 0.5) is 0 Å². The van der Waals surface area contributed by atoms with Crippen LogP contribution >= 0.6 is 11.6 Å². The molecular weight excluding hydrogens is 304 g/mol. The van der Waals surface area contributed by atoms with Crippen molar-refractivity contribution in [3.63, 3.8) is 0 Å². The van der Waals surface area contributed by atoms with E-state index in [2.05, 4.69) is 10.3 Å². The summed E-state index contributed by atoms with van der Waals surface area (Å²) in [7, 11) is 0. The van der Waals surface area contributed by atoms with Crippen LogP contribution in [0, 0.1) is 0 Å². The van der Waals surface area contributed by atoms with Crippen LogP contribution in [0.3, 0.4) is 0 Å². The predicted octanol–water partition coefficient (Wildman–Crippen LogP) is 2.56. The van der Waals surface area contributed by atoms with Gasteiger partial charge in [-0.1, -0.05) is 11.6 Å². The fourth-order valence-corrected chi connectivity index (χ4v) is 2.67. The van der Waals surface area contributed by atoms with E-state index < -0.39 is 0 Å². The first kappa shape index (κ1) is 15.1. The monoisotopic (exact) mass is 320 g/mol. The summed E-state index contributed by atoms with van der Waals surface area (Å²) in [5, 5.41) is 4.24. The van der Waals surface area contributed by atoms with E-state index in [4.69, 9.17) is 21.1 Å². The molecule has 1 N–H and O–H groups in total. The Kier molecular flexibility index (Phi) is 4.75. The van der Waals surface area contributed by atoms with E-state index in [1.807, 2.05) is 12.1 Å². The summed E-state index contributed by atoms with van der Waals surface area (Å²) < 4.78 is 11.0. The zero-order valence-corrected chi connectivity index (χ0v) is 12.8. The topological polar surface area (TPSA) is 60.5 Å². The zero-order valence-electron chi connectivity index (χ0n) is 12.0. The first-order chi connectivity index (χ1) is 10.7. The van der Waals surface area contributed by atoms with Crippen molar-refractivity contribution in [2.24, 2.45) is 0 Å². The molecule has 0 unspecified atom stereocenters. The lowest BCUT2D eigenvalue weighted by Crippen LogP contribution is -2.35. The summed E-state index contributed by atoms with van der Waals surface area (Å²) in [6.45, 7) is 1.25. The highest BCUT2D eigenvalue weighted by Gasteiger charge is 2.16. The number of halogens is 1. The van der Waals surface area contributed by atoms with E-state index in [-0.39, 0.29) is 18.6 Å². The summed E-state index contributed by atoms with van der Waals surface area (Å²) in [6, 6.07) is 7.15. The standard InChI is InChI=1S/C16H17ClN2O3/c17-13-5-6-14(16-12(13)4-1-7-18-16)22-10-15(20)19-9-11-3-2-8-21-11/h1,4-7,11H,2-3,8-10H2,(H,19,20)/t11-/m0/s1. The van der Waals surface area contributed by atoms with Crippen molar-refractivity contribution in [1.29, 1.82) is 0 Å². The number of rotatable bonds is 5. The number of carbonyl (C=O) groups is 1. The molecule has 0 spiro atoms. The molecule has 1 fully saturated rings. The second kappa shape index (κ2) is 6.94. The highest BCUT2D eigenvalue weighted by molar-refractivity contribution is 6.35. The number of ether oxygens (including phenoxy) is 2. The largest absolute Gasteiger partial charge is 0.481 e. The van der Waals surface area contributed by atoms with Crippen molar-refractivity contribution in [2.75, 3.05) is 19.8 Å². The molecule has 1 aliphatic heterocycles. The van der Waals surface area contributed by atoms with E-state index in [1.165, 1.54) is 0 Å². The Morgan fingerprint density at radius 3 is 3.18 bits per heavy atom. The third-order valence-corrected chi connectivity index (χ3v) is 3.92. The van der Waals surface area contributed by atoms with Gasteiger partial charge in [0.1, 0.15) is 11.3 Å². The van der Waals surface area contributed by atoms with Crippen molar-refractivity contribution < 1.29 is 14.3 Å². The van der Waals surface area contributed by atoms with Gasteiger partial charge in [-0.05, 0) is 37.1 Å². The molecule has 0 saturated carbocycles. The predicted molar refractivity (Wildman–Crippen MR) is 84.2 cm³/mol. The number of carbonyl (C=O) groups excluding carboxylic acids is 1. The minimum atomic E-state index is -0.172. The van der Waals surface area contributed by atoms with Gasteiger partial charge in [-0.15, -0.1) is 0 Å². The fourth-order valence-electron chi connectivity index (χ4n) is 2.46. The SMILES string of the molecule is O=C(COc1ccc(Cl)c2cccnc12)NC[C@@H]1CCCO1. The molecule has 1 saturated heterocycles. The molecule has 116 valence electrons. The van der Waals surface area contributed by atoms with Crippen LogP contribution in [-0.4, -0.2) is 36.8 Å². The van der Waals surface area contributed by atoms with Crippen LogP contribution in [0.15, 0.2) is 30.5 Å². The first-order valence-electron chi connectivity index (χ1n) is 7.28. The molecule has 1 atom stereocenters. The van der Waals surface area contributed by atoms with E-state index in [0.717, 1.165) is 24.8 Å². The van der Waals surface area contributed by atoms with Gasteiger partial charge in [0.2, 0.25) is 0 Å². The second-order valence-electron chi connectivity index (χ2n) is 5.17. The van der Waals surface area contributed by atoms with Gasteiger partial charge in [0.05, 0.1) is 11.1 Å². The highest BCUT2D eigenvalue weighted by atomic mass is 35.5. The van der Waals surface area contributed by atoms with Gasteiger partial charge in [0.15, 0.2) is 6.61 Å². The Labute approximate surface area is 133 Å². The van der Waals surface area contributed by atoms with Gasteiger partial charge in [0.25, 0.3) is 5.91 Å². The summed E-state index contributed by atoms with van der Waals surface area (Å²) in [4.78, 5) is 16.1. The molecule has 6 heteroatoms. The summed E-state index contributed by atoms with van der Waals surface area (Å²) in [5.41, 5.74) is 0.655. The van der Waals surface area contributed by atoms with E-state index in [9.17, 15) is 4.79 Å². The molecule has 2 heterocycles. The van der Waals surface area contributed by atoms with E-state index in [0.29, 0.717) is 22.8 Å². The molecule has 22 heavy (non-hydrogen) atoms. The van der Waals surface area contributed by atoms with Gasteiger partial charge in [-0.2, -0.15) is 0 Å². The molecule has 0 aliphatic carbocycles. The summed E-state index contributed by atoms with van der Waals surface area (Å²) in [5.74, 6) is 0.377. The number of amides is 1. The summed E-state index contributed by atoms with van der Waals surface area (Å²) >= 11 is 6.13. The molecule has 3 rings (SSSR count). The average Bonchev–Trinajstić information content (AvgIpc) is 3.06. The number of aromatic nitrogens is 1. The van der Waals surface area contributed by atoms with Crippen molar-refractivity contribution in [1.82, 2.24) is 10.3 Å². The number of hydrogen-bond donors (Lipinski definition) is 1. The molecule has 0 radical (unpaired) electrons. The van der Waals surface area contributed by atoms with Crippen LogP contribution in [0.2, 0.25) is 5.02 Å². The maximum atomic E-state index is 11.8. The Morgan fingerprint density at radius 1 is 1.45 bits per heavy atom. The van der Waals surface area contributed by atoms with E-state index in [1.54, 1.807) is 18.3 Å². The number of pyridine rings is 1. The lowest BCUT2D eigenvalue weighted by molar-refractivity contribution is -0.123. The van der Waals surface area contributed by atoms with Gasteiger partial charge in [0, 0.05) is 24.7 Å². The third-order valence-electron chi connectivity index (χ3n) is 3.59. The Balaban J connectivity index is 1.59. The Hall–Kier alpha value is -1.85. The lowest BCUT2D eigenvalue weighted by Gasteiger charge is -2.12. The maximum Gasteiger partial charge on any atom is 0.258 e. The minimum absolute atomic E-state index is 0.0555. The van der Waals surface area contributed by atoms with Crippen molar-refractivity contribution in [3.05, 3.63) is 35.5 Å². The minimum Gasteiger partial charge on any atom is -0.481 e. The Morgan fingerprint density at radius 2 is 2.36 bits per heavy atom. The molecule has 1 aliphatic rings. The molecule has 1 amide bonds. The lowest BCUT2D eigenvalue weighted by atomic mass is 10.2. The Bertz CT molecular complexity index is 671. The molecule has 0 bridgehead atoms. The average molecular weight is 321 g/mol. The zero-order chi connectivity index (χ0) is 15.4. The third kappa shape index (κ3) is 3.48. The molecule has 1 aromatic carbocycles. The molecule has 5 nitrogen and oxygen atoms in total. The van der Waals surface area contributed by atoms with Crippen molar-refractivity contribution >= 4 is 28.4 Å². The van der Waals surface area contributed by atoms with Crippen molar-refractivity contribution in [2.45, 2.75) is 18.9 Å². The van der Waals surface area contributed by atoms with Crippen LogP contribution in [0.5, 0.6) is 5.75 Å². The summed E-state index contributed by atoms with van der Waals surface area (Å²) in [6.07, 6.45) is 3.84. The van der Waals surface area contributed by atoms with Gasteiger partial charge in [-0.3, -0.25) is 9.78 Å². The number of nitrogens with one attached hydrogen (secondary N) is 1. The number of benzene rings is 1. The normalized spacial score (nSPS) is 17.6. The van der Waals surface area contributed by atoms with Gasteiger partial charge >= 0.3 is 0 Å². The highest BCUT2D eigenvalue weighted by Crippen LogP contribution is 2.29. The van der Waals surface area contributed by atoms with Gasteiger partial charge in [-0.25, -0.2) is 0 Å². The second-order valence-corrected chi connectivity index (χ2v) is 5.58. The van der Waals surface area contributed by atoms with Crippen LogP contribution in [0.25, 0.3) is 10.9 Å². The van der Waals surface area contributed by atoms with Gasteiger partial charge < -0.3 is 14.8 Å². The number of nitrogens with zero attached hydrogens (tertiary/aromatic N) is 1. The van der Waals surface area contributed by atoms with Crippen molar-refractivity contribution in [3.8, 4) is 5.75 Å². The number of fused-ring (bicyclic) bond motifs is 1. The fraction of sp³-hybridized carbons (Fsp3) is 0.375. The van der Waals surface area contributed by atoms with Crippen LogP contribution < -0.4 is 10.1 Å². The van der Waals surface area contributed by atoms with Crippen LogP contribution in [0.1, 0.15) is 12.8 Å². The quantitative estimate of drug-likeness (QED) is 0.919. The first-order valence-corrected chi connectivity index (χ1v) is 7.66.